The second-order valence-corrected chi connectivity index (χ2v) is 6.49. The monoisotopic (exact) mass is 368 g/mol. The number of benzene rings is 3. The molecule has 0 amide bonds. The van der Waals surface area contributed by atoms with Crippen LogP contribution in [-0.4, -0.2) is 21.4 Å². The number of aromatic nitrogens is 1. The average Bonchev–Trinajstić information content (AvgIpc) is 3.04. The molecule has 1 N–H and O–H groups in total. The first-order valence-electron chi connectivity index (χ1n) is 8.87. The van der Waals surface area contributed by atoms with Gasteiger partial charge in [-0.1, -0.05) is 36.4 Å². The van der Waals surface area contributed by atoms with E-state index in [1.54, 1.807) is 18.2 Å². The topological polar surface area (TPSA) is 83.1 Å². The number of aromatic carboxylic acids is 1. The first kappa shape index (κ1) is 17.5. The highest BCUT2D eigenvalue weighted by Gasteiger charge is 2.19. The lowest BCUT2D eigenvalue weighted by atomic mass is 9.97. The number of nitriles is 1. The van der Waals surface area contributed by atoms with Crippen molar-refractivity contribution >= 4 is 33.6 Å². The highest BCUT2D eigenvalue weighted by molar-refractivity contribution is 6.17. The number of carbonyl (C=O) groups excluding carboxylic acids is 1. The van der Waals surface area contributed by atoms with Gasteiger partial charge in [-0.05, 0) is 30.3 Å². The molecule has 5 nitrogen and oxygen atoms in total. The second-order valence-electron chi connectivity index (χ2n) is 6.49. The van der Waals surface area contributed by atoms with E-state index in [9.17, 15) is 14.7 Å². The van der Waals surface area contributed by atoms with E-state index in [4.69, 9.17) is 5.26 Å². The van der Waals surface area contributed by atoms with Crippen LogP contribution in [0.2, 0.25) is 0 Å². The Hall–Kier alpha value is -3.91. The molecule has 0 radical (unpaired) electrons. The van der Waals surface area contributed by atoms with Gasteiger partial charge >= 0.3 is 5.97 Å². The maximum absolute atomic E-state index is 13.0. The summed E-state index contributed by atoms with van der Waals surface area (Å²) in [6.45, 7) is 0.565. The minimum absolute atomic E-state index is 0.0101. The number of carboxylic acid groups (broad SMARTS) is 1. The number of carbonyl (C=O) groups is 2. The van der Waals surface area contributed by atoms with Crippen LogP contribution < -0.4 is 0 Å². The van der Waals surface area contributed by atoms with Crippen molar-refractivity contribution in [2.24, 2.45) is 0 Å². The van der Waals surface area contributed by atoms with Crippen LogP contribution in [0.4, 0.5) is 0 Å². The quantitative estimate of drug-likeness (QED) is 0.520. The zero-order valence-electron chi connectivity index (χ0n) is 14.9. The van der Waals surface area contributed by atoms with Crippen molar-refractivity contribution in [1.82, 2.24) is 4.57 Å². The minimum Gasteiger partial charge on any atom is -0.478 e. The Morgan fingerprint density at radius 3 is 2.32 bits per heavy atom. The van der Waals surface area contributed by atoms with Gasteiger partial charge in [0.2, 0.25) is 0 Å². The van der Waals surface area contributed by atoms with E-state index < -0.39 is 5.97 Å². The summed E-state index contributed by atoms with van der Waals surface area (Å²) in [5.41, 5.74) is 2.54. The summed E-state index contributed by atoms with van der Waals surface area (Å²) in [5, 5.41) is 20.3. The van der Waals surface area contributed by atoms with Gasteiger partial charge in [-0.2, -0.15) is 5.26 Å². The summed E-state index contributed by atoms with van der Waals surface area (Å²) >= 11 is 0. The molecule has 1 aromatic heterocycles. The smallest absolute Gasteiger partial charge is 0.336 e. The molecule has 3 aromatic carbocycles. The van der Waals surface area contributed by atoms with Crippen molar-refractivity contribution in [2.45, 2.75) is 13.0 Å². The predicted molar refractivity (Wildman–Crippen MR) is 107 cm³/mol. The van der Waals surface area contributed by atoms with Gasteiger partial charge in [0.15, 0.2) is 5.78 Å². The molecule has 136 valence electrons. The van der Waals surface area contributed by atoms with Crippen molar-refractivity contribution in [3.8, 4) is 6.07 Å². The van der Waals surface area contributed by atoms with Crippen LogP contribution in [0.3, 0.4) is 0 Å². The summed E-state index contributed by atoms with van der Waals surface area (Å²) in [5.74, 6) is -1.45. The first-order valence-corrected chi connectivity index (χ1v) is 8.87. The van der Waals surface area contributed by atoms with Gasteiger partial charge in [-0.25, -0.2) is 4.79 Å². The van der Waals surface area contributed by atoms with Gasteiger partial charge in [-0.15, -0.1) is 0 Å². The SMILES string of the molecule is N#CCCn1c2ccccc2c2cc(C(=O)c3ccccc3C(=O)O)ccc21. The van der Waals surface area contributed by atoms with E-state index in [2.05, 4.69) is 10.6 Å². The summed E-state index contributed by atoms with van der Waals surface area (Å²) < 4.78 is 2.08. The maximum Gasteiger partial charge on any atom is 0.336 e. The number of aryl methyl sites for hydroxylation is 1. The lowest BCUT2D eigenvalue weighted by Crippen LogP contribution is -2.09. The van der Waals surface area contributed by atoms with E-state index >= 15 is 0 Å². The Labute approximate surface area is 161 Å². The fourth-order valence-electron chi connectivity index (χ4n) is 3.62. The molecule has 4 rings (SSSR count). The van der Waals surface area contributed by atoms with Gasteiger partial charge in [0, 0.05) is 39.5 Å². The van der Waals surface area contributed by atoms with Crippen LogP contribution in [0.1, 0.15) is 32.7 Å². The van der Waals surface area contributed by atoms with E-state index in [1.807, 2.05) is 36.4 Å². The van der Waals surface area contributed by atoms with E-state index in [-0.39, 0.29) is 16.9 Å². The summed E-state index contributed by atoms with van der Waals surface area (Å²) in [6.07, 6.45) is 0.389. The van der Waals surface area contributed by atoms with Crippen molar-refractivity contribution in [3.63, 3.8) is 0 Å². The molecule has 0 aliphatic rings. The largest absolute Gasteiger partial charge is 0.478 e. The number of hydrogen-bond donors (Lipinski definition) is 1. The molecule has 0 saturated carbocycles. The summed E-state index contributed by atoms with van der Waals surface area (Å²) in [6, 6.07) is 21.6. The van der Waals surface area contributed by atoms with Crippen molar-refractivity contribution in [3.05, 3.63) is 83.4 Å². The van der Waals surface area contributed by atoms with Crippen LogP contribution in [0.5, 0.6) is 0 Å². The first-order chi connectivity index (χ1) is 13.6. The van der Waals surface area contributed by atoms with Gasteiger partial charge < -0.3 is 9.67 Å². The molecule has 28 heavy (non-hydrogen) atoms. The Balaban J connectivity index is 1.89. The predicted octanol–water partition coefficient (Wildman–Crippen LogP) is 4.64. The number of nitrogens with zero attached hydrogens (tertiary/aromatic N) is 2. The lowest BCUT2D eigenvalue weighted by molar-refractivity contribution is 0.0693. The zero-order chi connectivity index (χ0) is 19.7. The number of para-hydroxylation sites is 1. The number of ketones is 1. The standard InChI is InChI=1S/C23H16N2O3/c24-12-5-13-25-20-9-4-3-6-16(20)19-14-15(10-11-21(19)25)22(26)17-7-1-2-8-18(17)23(27)28/h1-4,6-11,14H,5,13H2,(H,27,28). The van der Waals surface area contributed by atoms with Crippen LogP contribution in [0, 0.1) is 11.3 Å². The molecule has 0 bridgehead atoms. The Morgan fingerprint density at radius 2 is 1.57 bits per heavy atom. The Kier molecular flexibility index (Phi) is 4.38. The molecule has 0 aliphatic carbocycles. The van der Waals surface area contributed by atoms with Gasteiger partial charge in [0.25, 0.3) is 0 Å². The molecular formula is C23H16N2O3. The minimum atomic E-state index is -1.13. The number of rotatable bonds is 5. The van der Waals surface area contributed by atoms with Gasteiger partial charge in [0.1, 0.15) is 0 Å². The third-order valence-electron chi connectivity index (χ3n) is 4.88. The zero-order valence-corrected chi connectivity index (χ0v) is 14.9. The lowest BCUT2D eigenvalue weighted by Gasteiger charge is -2.07. The average molecular weight is 368 g/mol. The van der Waals surface area contributed by atoms with Crippen molar-refractivity contribution < 1.29 is 14.7 Å². The van der Waals surface area contributed by atoms with E-state index in [1.165, 1.54) is 12.1 Å². The molecular weight excluding hydrogens is 352 g/mol. The molecule has 0 unspecified atom stereocenters. The highest BCUT2D eigenvalue weighted by atomic mass is 16.4. The van der Waals surface area contributed by atoms with Crippen molar-refractivity contribution in [2.75, 3.05) is 0 Å². The number of carboxylic acids is 1. The Bertz CT molecular complexity index is 1280. The molecule has 0 saturated heterocycles. The van der Waals surface area contributed by atoms with Gasteiger partial charge in [0.05, 0.1) is 18.1 Å². The van der Waals surface area contributed by atoms with E-state index in [0.29, 0.717) is 18.5 Å². The van der Waals surface area contributed by atoms with Crippen LogP contribution in [0.15, 0.2) is 66.7 Å². The third-order valence-corrected chi connectivity index (χ3v) is 4.88. The molecule has 0 aliphatic heterocycles. The Morgan fingerprint density at radius 1 is 0.893 bits per heavy atom. The molecule has 0 fully saturated rings. The second kappa shape index (κ2) is 7.01. The number of fused-ring (bicyclic) bond motifs is 3. The van der Waals surface area contributed by atoms with Crippen molar-refractivity contribution in [1.29, 1.82) is 5.26 Å². The normalized spacial score (nSPS) is 10.8. The summed E-state index contributed by atoms with van der Waals surface area (Å²) in [4.78, 5) is 24.5. The summed E-state index contributed by atoms with van der Waals surface area (Å²) in [7, 11) is 0. The van der Waals surface area contributed by atoms with Crippen LogP contribution >= 0.6 is 0 Å². The number of hydrogen-bond acceptors (Lipinski definition) is 3. The fraction of sp³-hybridized carbons (Fsp3) is 0.0870. The molecule has 1 heterocycles. The van der Waals surface area contributed by atoms with Crippen LogP contribution in [-0.2, 0) is 6.54 Å². The molecule has 0 atom stereocenters. The molecule has 5 heteroatoms. The fourth-order valence-corrected chi connectivity index (χ4v) is 3.62. The van der Waals surface area contributed by atoms with Crippen LogP contribution in [0.25, 0.3) is 21.8 Å². The maximum atomic E-state index is 13.0. The molecule has 0 spiro atoms. The third kappa shape index (κ3) is 2.81. The van der Waals surface area contributed by atoms with Gasteiger partial charge in [-0.3, -0.25) is 4.79 Å². The highest BCUT2D eigenvalue weighted by Crippen LogP contribution is 2.30. The van der Waals surface area contributed by atoms with E-state index in [0.717, 1.165) is 21.8 Å². The molecule has 4 aromatic rings.